The third-order valence-corrected chi connectivity index (χ3v) is 4.96. The zero-order valence-electron chi connectivity index (χ0n) is 14.9. The molecule has 0 radical (unpaired) electrons. The third kappa shape index (κ3) is 3.28. The lowest BCUT2D eigenvalue weighted by molar-refractivity contribution is 0.0604. The molecule has 0 bridgehead atoms. The molecule has 0 saturated carbocycles. The van der Waals surface area contributed by atoms with Gasteiger partial charge in [-0.15, -0.1) is 0 Å². The SMILES string of the molecule is Cn1c(NC(c2ccccc2)C2CCOCC2)c(C#N)c(=O)n(C)c1=O. The molecular weight excluding hydrogens is 332 g/mol. The monoisotopic (exact) mass is 354 g/mol. The van der Waals surface area contributed by atoms with Gasteiger partial charge in [-0.05, 0) is 24.3 Å². The number of anilines is 1. The molecular formula is C19H22N4O3. The highest BCUT2D eigenvalue weighted by molar-refractivity contribution is 5.52. The molecule has 1 N–H and O–H groups in total. The molecule has 136 valence electrons. The average molecular weight is 354 g/mol. The van der Waals surface area contributed by atoms with Gasteiger partial charge >= 0.3 is 5.69 Å². The van der Waals surface area contributed by atoms with Crippen molar-refractivity contribution in [2.75, 3.05) is 18.5 Å². The second-order valence-corrected chi connectivity index (χ2v) is 6.52. The topological polar surface area (TPSA) is 89.1 Å². The van der Waals surface area contributed by atoms with Gasteiger partial charge in [0.25, 0.3) is 5.56 Å². The molecule has 26 heavy (non-hydrogen) atoms. The van der Waals surface area contributed by atoms with Crippen LogP contribution >= 0.6 is 0 Å². The van der Waals surface area contributed by atoms with Gasteiger partial charge in [0.15, 0.2) is 5.56 Å². The third-order valence-electron chi connectivity index (χ3n) is 4.96. The Morgan fingerprint density at radius 3 is 2.42 bits per heavy atom. The highest BCUT2D eigenvalue weighted by Crippen LogP contribution is 2.33. The predicted molar refractivity (Wildman–Crippen MR) is 98.0 cm³/mol. The van der Waals surface area contributed by atoms with Crippen LogP contribution in [0.25, 0.3) is 0 Å². The number of hydrogen-bond donors (Lipinski definition) is 1. The number of nitriles is 1. The van der Waals surface area contributed by atoms with Crippen molar-refractivity contribution in [1.82, 2.24) is 9.13 Å². The highest BCUT2D eigenvalue weighted by atomic mass is 16.5. The first-order valence-electron chi connectivity index (χ1n) is 8.64. The fraction of sp³-hybridized carbons (Fsp3) is 0.421. The summed E-state index contributed by atoms with van der Waals surface area (Å²) < 4.78 is 7.75. The summed E-state index contributed by atoms with van der Waals surface area (Å²) in [7, 11) is 2.94. The molecule has 1 fully saturated rings. The van der Waals surface area contributed by atoms with Crippen LogP contribution in [0.3, 0.4) is 0 Å². The minimum absolute atomic E-state index is 0.0532. The van der Waals surface area contributed by atoms with Crippen LogP contribution in [0.4, 0.5) is 5.82 Å². The van der Waals surface area contributed by atoms with Crippen LogP contribution in [0, 0.1) is 17.2 Å². The van der Waals surface area contributed by atoms with Crippen molar-refractivity contribution >= 4 is 5.82 Å². The van der Waals surface area contributed by atoms with E-state index in [-0.39, 0.29) is 23.3 Å². The van der Waals surface area contributed by atoms with Crippen molar-refractivity contribution in [3.05, 3.63) is 62.3 Å². The van der Waals surface area contributed by atoms with Gasteiger partial charge in [0, 0.05) is 27.3 Å². The van der Waals surface area contributed by atoms with Crippen LogP contribution in [0.15, 0.2) is 39.9 Å². The van der Waals surface area contributed by atoms with Crippen LogP contribution in [0.5, 0.6) is 0 Å². The smallest absolute Gasteiger partial charge is 0.332 e. The van der Waals surface area contributed by atoms with Crippen LogP contribution in [-0.2, 0) is 18.8 Å². The highest BCUT2D eigenvalue weighted by Gasteiger charge is 2.28. The van der Waals surface area contributed by atoms with E-state index in [1.165, 1.54) is 11.6 Å². The molecule has 7 heteroatoms. The van der Waals surface area contributed by atoms with E-state index in [2.05, 4.69) is 5.32 Å². The first kappa shape index (κ1) is 18.0. The van der Waals surface area contributed by atoms with Crippen molar-refractivity contribution < 1.29 is 4.74 Å². The van der Waals surface area contributed by atoms with E-state index in [0.717, 1.165) is 23.0 Å². The summed E-state index contributed by atoms with van der Waals surface area (Å²) in [6, 6.07) is 11.7. The van der Waals surface area contributed by atoms with Gasteiger partial charge < -0.3 is 10.1 Å². The molecule has 3 rings (SSSR count). The van der Waals surface area contributed by atoms with Gasteiger partial charge in [-0.3, -0.25) is 13.9 Å². The summed E-state index contributed by atoms with van der Waals surface area (Å²) in [5.74, 6) is 0.540. The predicted octanol–water partition coefficient (Wildman–Crippen LogP) is 1.54. The molecule has 1 aromatic heterocycles. The first-order valence-corrected chi connectivity index (χ1v) is 8.64. The van der Waals surface area contributed by atoms with E-state index in [1.54, 1.807) is 7.05 Å². The maximum Gasteiger partial charge on any atom is 0.332 e. The Hall–Kier alpha value is -2.85. The second-order valence-electron chi connectivity index (χ2n) is 6.52. The number of hydrogen-bond acceptors (Lipinski definition) is 5. The normalized spacial score (nSPS) is 16.0. The summed E-state index contributed by atoms with van der Waals surface area (Å²) >= 11 is 0. The maximum absolute atomic E-state index is 12.4. The lowest BCUT2D eigenvalue weighted by Crippen LogP contribution is -2.40. The van der Waals surface area contributed by atoms with E-state index >= 15 is 0 Å². The molecule has 1 aliphatic rings. The lowest BCUT2D eigenvalue weighted by atomic mass is 9.87. The molecule has 1 saturated heterocycles. The number of nitrogens with zero attached hydrogens (tertiary/aromatic N) is 3. The van der Waals surface area contributed by atoms with E-state index in [0.29, 0.717) is 13.2 Å². The summed E-state index contributed by atoms with van der Waals surface area (Å²) in [6.45, 7) is 1.35. The largest absolute Gasteiger partial charge is 0.381 e. The molecule has 7 nitrogen and oxygen atoms in total. The van der Waals surface area contributed by atoms with Gasteiger partial charge in [-0.25, -0.2) is 4.79 Å². The Balaban J connectivity index is 2.09. The molecule has 1 aromatic carbocycles. The molecule has 1 aliphatic heterocycles. The number of rotatable bonds is 4. The Morgan fingerprint density at radius 1 is 1.15 bits per heavy atom. The van der Waals surface area contributed by atoms with Crippen molar-refractivity contribution in [2.24, 2.45) is 20.0 Å². The van der Waals surface area contributed by atoms with Gasteiger partial charge in [0.2, 0.25) is 0 Å². The molecule has 2 aromatic rings. The van der Waals surface area contributed by atoms with E-state index in [4.69, 9.17) is 4.74 Å². The maximum atomic E-state index is 12.4. The van der Waals surface area contributed by atoms with Gasteiger partial charge in [-0.2, -0.15) is 5.26 Å². The van der Waals surface area contributed by atoms with Crippen molar-refractivity contribution in [2.45, 2.75) is 18.9 Å². The van der Waals surface area contributed by atoms with Crippen molar-refractivity contribution in [1.29, 1.82) is 5.26 Å². The summed E-state index contributed by atoms with van der Waals surface area (Å²) in [4.78, 5) is 24.7. The van der Waals surface area contributed by atoms with Crippen molar-refractivity contribution in [3.8, 4) is 6.07 Å². The van der Waals surface area contributed by atoms with E-state index < -0.39 is 11.2 Å². The molecule has 0 aliphatic carbocycles. The number of nitrogens with one attached hydrogen (secondary N) is 1. The number of aromatic nitrogens is 2. The zero-order valence-corrected chi connectivity index (χ0v) is 14.9. The fourth-order valence-electron chi connectivity index (χ4n) is 3.44. The van der Waals surface area contributed by atoms with Crippen LogP contribution in [0.1, 0.15) is 30.0 Å². The average Bonchev–Trinajstić information content (AvgIpc) is 2.69. The van der Waals surface area contributed by atoms with E-state index in [1.807, 2.05) is 36.4 Å². The van der Waals surface area contributed by atoms with Crippen LogP contribution < -0.4 is 16.6 Å². The minimum atomic E-state index is -0.586. The fourth-order valence-corrected chi connectivity index (χ4v) is 3.44. The van der Waals surface area contributed by atoms with Crippen LogP contribution in [0.2, 0.25) is 0 Å². The summed E-state index contributed by atoms with van der Waals surface area (Å²) in [5.41, 5.74) is -0.0498. The summed E-state index contributed by atoms with van der Waals surface area (Å²) in [5, 5.41) is 12.8. The standard InChI is InChI=1S/C19H22N4O3/c1-22-17(15(12-20)18(24)23(2)19(22)25)21-16(13-6-4-3-5-7-13)14-8-10-26-11-9-14/h3-7,14,16,21H,8-11H2,1-2H3. The van der Waals surface area contributed by atoms with Crippen LogP contribution in [-0.4, -0.2) is 22.3 Å². The van der Waals surface area contributed by atoms with E-state index in [9.17, 15) is 14.9 Å². The quantitative estimate of drug-likeness (QED) is 0.899. The lowest BCUT2D eigenvalue weighted by Gasteiger charge is -2.32. The zero-order chi connectivity index (χ0) is 18.7. The van der Waals surface area contributed by atoms with Gasteiger partial charge in [0.05, 0.1) is 6.04 Å². The summed E-state index contributed by atoms with van der Waals surface area (Å²) in [6.07, 6.45) is 1.74. The van der Waals surface area contributed by atoms with Crippen molar-refractivity contribution in [3.63, 3.8) is 0 Å². The minimum Gasteiger partial charge on any atom is -0.381 e. The Morgan fingerprint density at radius 2 is 1.81 bits per heavy atom. The number of benzene rings is 1. The molecule has 0 spiro atoms. The molecule has 0 amide bonds. The Bertz CT molecular complexity index is 934. The Labute approximate surface area is 151 Å². The molecule has 2 heterocycles. The Kier molecular flexibility index (Phi) is 5.24. The molecule has 1 atom stereocenters. The first-order chi connectivity index (χ1) is 12.5. The van der Waals surface area contributed by atoms with Gasteiger partial charge in [-0.1, -0.05) is 30.3 Å². The second kappa shape index (κ2) is 7.58. The molecule has 1 unspecified atom stereocenters. The van der Waals surface area contributed by atoms with Gasteiger partial charge in [0.1, 0.15) is 11.9 Å². The number of ether oxygens (including phenoxy) is 1.